The summed E-state index contributed by atoms with van der Waals surface area (Å²) in [5, 5.41) is 0. The van der Waals surface area contributed by atoms with Crippen molar-refractivity contribution in [3.05, 3.63) is 23.8 Å². The van der Waals surface area contributed by atoms with Gasteiger partial charge in [0.1, 0.15) is 0 Å². The number of nitrogens with zero attached hydrogens (tertiary/aromatic N) is 1. The fourth-order valence-electron chi connectivity index (χ4n) is 11.2. The van der Waals surface area contributed by atoms with Gasteiger partial charge in [-0.2, -0.15) is 0 Å². The maximum Gasteiger partial charge on any atom is 0.0644 e. The molecular weight excluding hydrogens is 615 g/mol. The second-order valence-electron chi connectivity index (χ2n) is 18.6. The lowest BCUT2D eigenvalue weighted by Gasteiger charge is -2.58. The standard InChI is InChI=1S/C46H83NO3/c1-9-10-11-12-13-14-15-16-30-48-34-39(47(7)8)35-49-31-17-18-32-50-40-26-28-45(5)38(33-40)22-23-41-43-25-24-42(37(4)21-19-20-36(2)3)46(43,6)29-27-44(41)45/h13-14,22,36-37,39-44H,9-12,15-21,23-35H2,1-8H3/t37-,39+,40+,41+,42-,43+,44+,45+,46-/m1/s1. The van der Waals surface area contributed by atoms with Gasteiger partial charge in [0.25, 0.3) is 0 Å². The van der Waals surface area contributed by atoms with Gasteiger partial charge in [0.05, 0.1) is 25.4 Å². The molecule has 0 bridgehead atoms. The van der Waals surface area contributed by atoms with Crippen molar-refractivity contribution >= 4 is 0 Å². The molecule has 50 heavy (non-hydrogen) atoms. The van der Waals surface area contributed by atoms with Crippen LogP contribution in [0.15, 0.2) is 23.8 Å². The zero-order chi connectivity index (χ0) is 36.0. The lowest BCUT2D eigenvalue weighted by atomic mass is 9.47. The lowest BCUT2D eigenvalue weighted by Crippen LogP contribution is -2.51. The van der Waals surface area contributed by atoms with Crippen LogP contribution in [0.4, 0.5) is 0 Å². The van der Waals surface area contributed by atoms with E-state index in [0.717, 1.165) is 94.2 Å². The first-order chi connectivity index (χ1) is 24.1. The number of hydrogen-bond donors (Lipinski definition) is 0. The first-order valence-corrected chi connectivity index (χ1v) is 21.9. The summed E-state index contributed by atoms with van der Waals surface area (Å²) in [6, 6.07) is 0.312. The molecule has 0 aromatic carbocycles. The van der Waals surface area contributed by atoms with E-state index in [-0.39, 0.29) is 0 Å². The fraction of sp³-hybridized carbons (Fsp3) is 0.913. The molecule has 0 unspecified atom stereocenters. The Kier molecular flexibility index (Phi) is 17.9. The maximum atomic E-state index is 6.54. The van der Waals surface area contributed by atoms with Crippen LogP contribution < -0.4 is 0 Å². The molecule has 9 atom stereocenters. The van der Waals surface area contributed by atoms with Crippen LogP contribution in [0.3, 0.4) is 0 Å². The van der Waals surface area contributed by atoms with Gasteiger partial charge >= 0.3 is 0 Å². The van der Waals surface area contributed by atoms with Gasteiger partial charge in [-0.15, -0.1) is 0 Å². The number of hydrogen-bond acceptors (Lipinski definition) is 4. The summed E-state index contributed by atoms with van der Waals surface area (Å²) in [4.78, 5) is 2.24. The van der Waals surface area contributed by atoms with E-state index in [0.29, 0.717) is 23.0 Å². The van der Waals surface area contributed by atoms with E-state index in [1.54, 1.807) is 5.57 Å². The van der Waals surface area contributed by atoms with E-state index < -0.39 is 0 Å². The van der Waals surface area contributed by atoms with Gasteiger partial charge < -0.3 is 19.1 Å². The number of allylic oxidation sites excluding steroid dienone is 3. The molecule has 0 aromatic rings. The second kappa shape index (κ2) is 21.3. The molecule has 0 N–H and O–H groups in total. The van der Waals surface area contributed by atoms with E-state index in [1.807, 2.05) is 0 Å². The molecule has 4 aliphatic rings. The van der Waals surface area contributed by atoms with Crippen LogP contribution in [0, 0.1) is 46.3 Å². The average Bonchev–Trinajstić information content (AvgIpc) is 3.44. The van der Waals surface area contributed by atoms with Crippen LogP contribution in [0.1, 0.15) is 164 Å². The summed E-state index contributed by atoms with van der Waals surface area (Å²) >= 11 is 0. The van der Waals surface area contributed by atoms with Gasteiger partial charge in [-0.05, 0) is 150 Å². The largest absolute Gasteiger partial charge is 0.380 e. The Hall–Kier alpha value is -0.680. The molecule has 0 amide bonds. The fourth-order valence-corrected chi connectivity index (χ4v) is 11.2. The predicted octanol–water partition coefficient (Wildman–Crippen LogP) is 12.1. The molecule has 0 spiro atoms. The minimum atomic E-state index is 0.312. The topological polar surface area (TPSA) is 30.9 Å². The first kappa shape index (κ1) is 42.1. The Balaban J connectivity index is 1.10. The van der Waals surface area contributed by atoms with Crippen molar-refractivity contribution in [1.82, 2.24) is 4.90 Å². The number of rotatable bonds is 24. The quantitative estimate of drug-likeness (QED) is 0.0742. The van der Waals surface area contributed by atoms with Crippen molar-refractivity contribution < 1.29 is 14.2 Å². The second-order valence-corrected chi connectivity index (χ2v) is 18.6. The summed E-state index contributed by atoms with van der Waals surface area (Å²) in [6.45, 7) is 19.0. The smallest absolute Gasteiger partial charge is 0.0644 e. The lowest BCUT2D eigenvalue weighted by molar-refractivity contribution is -0.0643. The highest BCUT2D eigenvalue weighted by atomic mass is 16.5. The molecule has 0 aromatic heterocycles. The van der Waals surface area contributed by atoms with Gasteiger partial charge in [-0.25, -0.2) is 0 Å². The Morgan fingerprint density at radius 2 is 1.52 bits per heavy atom. The molecule has 4 nitrogen and oxygen atoms in total. The molecule has 0 saturated heterocycles. The normalized spacial score (nSPS) is 32.3. The van der Waals surface area contributed by atoms with Crippen molar-refractivity contribution in [2.75, 3.05) is 47.1 Å². The highest BCUT2D eigenvalue weighted by Crippen LogP contribution is 2.67. The monoisotopic (exact) mass is 698 g/mol. The van der Waals surface area contributed by atoms with E-state index in [9.17, 15) is 0 Å². The average molecular weight is 698 g/mol. The Morgan fingerprint density at radius 3 is 2.24 bits per heavy atom. The summed E-state index contributed by atoms with van der Waals surface area (Å²) in [5.41, 5.74) is 2.75. The molecule has 4 heteroatoms. The van der Waals surface area contributed by atoms with E-state index in [4.69, 9.17) is 14.2 Å². The van der Waals surface area contributed by atoms with Crippen LogP contribution in [0.25, 0.3) is 0 Å². The molecular formula is C46H83NO3. The predicted molar refractivity (Wildman–Crippen MR) is 214 cm³/mol. The molecule has 290 valence electrons. The van der Waals surface area contributed by atoms with Crippen LogP contribution in [0.2, 0.25) is 0 Å². The molecule has 3 fully saturated rings. The first-order valence-electron chi connectivity index (χ1n) is 21.9. The molecule has 0 heterocycles. The summed E-state index contributed by atoms with van der Waals surface area (Å²) in [6.07, 6.45) is 32.6. The maximum absolute atomic E-state index is 6.54. The van der Waals surface area contributed by atoms with Crippen molar-refractivity contribution in [1.29, 1.82) is 0 Å². The van der Waals surface area contributed by atoms with Crippen LogP contribution in [0.5, 0.6) is 0 Å². The molecule has 0 radical (unpaired) electrons. The molecule has 4 rings (SSSR count). The van der Waals surface area contributed by atoms with Crippen LogP contribution in [-0.4, -0.2) is 64.2 Å². The number of ether oxygens (including phenoxy) is 3. The molecule has 3 saturated carbocycles. The van der Waals surface area contributed by atoms with Gasteiger partial charge in [0.2, 0.25) is 0 Å². The van der Waals surface area contributed by atoms with Gasteiger partial charge in [0, 0.05) is 19.8 Å². The zero-order valence-electron chi connectivity index (χ0n) is 34.5. The van der Waals surface area contributed by atoms with E-state index >= 15 is 0 Å². The Bertz CT molecular complexity index is 1010. The van der Waals surface area contributed by atoms with Crippen molar-refractivity contribution in [3.63, 3.8) is 0 Å². The number of fused-ring (bicyclic) bond motifs is 5. The number of likely N-dealkylation sites (N-methyl/N-ethyl adjacent to an activating group) is 1. The third-order valence-corrected chi connectivity index (χ3v) is 14.4. The van der Waals surface area contributed by atoms with Gasteiger partial charge in [0.15, 0.2) is 0 Å². The highest BCUT2D eigenvalue weighted by Gasteiger charge is 2.59. The van der Waals surface area contributed by atoms with Gasteiger partial charge in [-0.1, -0.05) is 97.4 Å². The highest BCUT2D eigenvalue weighted by molar-refractivity contribution is 5.25. The van der Waals surface area contributed by atoms with Crippen LogP contribution in [-0.2, 0) is 14.2 Å². The van der Waals surface area contributed by atoms with E-state index in [1.165, 1.54) is 96.3 Å². The minimum Gasteiger partial charge on any atom is -0.380 e. The van der Waals surface area contributed by atoms with Crippen molar-refractivity contribution in [2.45, 2.75) is 176 Å². The SMILES string of the molecule is CCCCCC=CCCCOC[C@@H](COCCCCO[C@H]1CC[C@@]2(C)C(=CC[C@H]3[C@@H]4CC[C@H]([C@H](C)CCCC(C)C)[C@@]4(C)CC[C@@H]32)C1)N(C)C. The Labute approximate surface area is 311 Å². The third kappa shape index (κ3) is 11.7. The summed E-state index contributed by atoms with van der Waals surface area (Å²) in [5.74, 6) is 5.45. The van der Waals surface area contributed by atoms with E-state index in [2.05, 4.69) is 78.8 Å². The zero-order valence-corrected chi connectivity index (χ0v) is 34.5. The van der Waals surface area contributed by atoms with Crippen molar-refractivity contribution in [3.8, 4) is 0 Å². The minimum absolute atomic E-state index is 0.312. The Morgan fingerprint density at radius 1 is 0.800 bits per heavy atom. The molecule has 0 aliphatic heterocycles. The molecule has 4 aliphatic carbocycles. The number of unbranched alkanes of at least 4 members (excludes halogenated alkanes) is 5. The van der Waals surface area contributed by atoms with Gasteiger partial charge in [-0.3, -0.25) is 0 Å². The van der Waals surface area contributed by atoms with Crippen LogP contribution >= 0.6 is 0 Å². The summed E-state index contributed by atoms with van der Waals surface area (Å²) < 4.78 is 18.7. The summed E-state index contributed by atoms with van der Waals surface area (Å²) in [7, 11) is 4.27. The third-order valence-electron chi connectivity index (χ3n) is 14.4. The van der Waals surface area contributed by atoms with Crippen molar-refractivity contribution in [2.24, 2.45) is 46.3 Å².